The van der Waals surface area contributed by atoms with Gasteiger partial charge in [-0.1, -0.05) is 23.7 Å². The molecule has 0 amide bonds. The lowest BCUT2D eigenvalue weighted by atomic mass is 10.2. The smallest absolute Gasteiger partial charge is 0.342 e. The monoisotopic (exact) mass is 344 g/mol. The van der Waals surface area contributed by atoms with E-state index in [1.165, 1.54) is 18.2 Å². The molecule has 0 aliphatic rings. The van der Waals surface area contributed by atoms with Crippen LogP contribution in [0.25, 0.3) is 10.9 Å². The molecule has 1 atom stereocenters. The maximum absolute atomic E-state index is 12.2. The van der Waals surface area contributed by atoms with Crippen molar-refractivity contribution >= 4 is 28.5 Å². The molecular weight excluding hydrogens is 332 g/mol. The third-order valence-electron chi connectivity index (χ3n) is 3.48. The number of fused-ring (bicyclic) bond motifs is 1. The van der Waals surface area contributed by atoms with Gasteiger partial charge in [0.25, 0.3) is 5.56 Å². The first-order valence-electron chi connectivity index (χ1n) is 7.14. The van der Waals surface area contributed by atoms with Gasteiger partial charge < -0.3 is 14.8 Å². The average Bonchev–Trinajstić information content (AvgIpc) is 2.54. The van der Waals surface area contributed by atoms with Crippen LogP contribution in [0.2, 0.25) is 5.02 Å². The molecule has 0 unspecified atom stereocenters. The van der Waals surface area contributed by atoms with E-state index < -0.39 is 12.1 Å². The summed E-state index contributed by atoms with van der Waals surface area (Å²) in [5.41, 5.74) is 0.177. The van der Waals surface area contributed by atoms with Crippen molar-refractivity contribution in [3.63, 3.8) is 0 Å². The highest BCUT2D eigenvalue weighted by Gasteiger charge is 2.19. The number of benzene rings is 2. The fourth-order valence-electron chi connectivity index (χ4n) is 2.25. The van der Waals surface area contributed by atoms with Crippen molar-refractivity contribution in [2.24, 2.45) is 0 Å². The molecule has 0 spiro atoms. The summed E-state index contributed by atoms with van der Waals surface area (Å²) in [4.78, 5) is 31.1. The molecule has 1 aromatic heterocycles. The van der Waals surface area contributed by atoms with Crippen LogP contribution in [-0.4, -0.2) is 21.0 Å². The Bertz CT molecular complexity index is 984. The molecule has 3 aromatic rings. The zero-order chi connectivity index (χ0) is 17.3. The minimum atomic E-state index is -0.801. The number of aromatic nitrogens is 2. The van der Waals surface area contributed by atoms with Crippen molar-refractivity contribution < 1.29 is 14.6 Å². The number of esters is 1. The number of rotatable bonds is 3. The zero-order valence-electron chi connectivity index (χ0n) is 12.6. The maximum atomic E-state index is 12.2. The van der Waals surface area contributed by atoms with Crippen molar-refractivity contribution in [2.45, 2.75) is 13.0 Å². The van der Waals surface area contributed by atoms with Gasteiger partial charge in [-0.2, -0.15) is 0 Å². The van der Waals surface area contributed by atoms with E-state index in [4.69, 9.17) is 16.3 Å². The predicted molar refractivity (Wildman–Crippen MR) is 89.3 cm³/mol. The lowest BCUT2D eigenvalue weighted by Crippen LogP contribution is -2.17. The predicted octanol–water partition coefficient (Wildman–Crippen LogP) is 3.20. The van der Waals surface area contributed by atoms with Gasteiger partial charge in [0, 0.05) is 5.02 Å². The van der Waals surface area contributed by atoms with Crippen LogP contribution in [0.3, 0.4) is 0 Å². The molecule has 0 aliphatic heterocycles. The Morgan fingerprint density at radius 2 is 2.04 bits per heavy atom. The van der Waals surface area contributed by atoms with Gasteiger partial charge in [0.2, 0.25) is 0 Å². The number of ether oxygens (including phenoxy) is 1. The number of hydrogen-bond acceptors (Lipinski definition) is 5. The van der Waals surface area contributed by atoms with Gasteiger partial charge in [-0.25, -0.2) is 9.78 Å². The molecule has 6 nitrogen and oxygen atoms in total. The Morgan fingerprint density at radius 1 is 1.29 bits per heavy atom. The molecule has 122 valence electrons. The Balaban J connectivity index is 1.88. The SMILES string of the molecule is C[C@H](OC(=O)c1ccc(Cl)cc1O)c1nc2ccccc2c(=O)[nH]1. The van der Waals surface area contributed by atoms with E-state index >= 15 is 0 Å². The summed E-state index contributed by atoms with van der Waals surface area (Å²) < 4.78 is 5.27. The first-order chi connectivity index (χ1) is 11.5. The van der Waals surface area contributed by atoms with Gasteiger partial charge in [0.1, 0.15) is 11.3 Å². The molecule has 0 bridgehead atoms. The second-order valence-electron chi connectivity index (χ2n) is 5.18. The average molecular weight is 345 g/mol. The molecule has 1 heterocycles. The molecule has 3 rings (SSSR count). The van der Waals surface area contributed by atoms with E-state index in [9.17, 15) is 14.7 Å². The lowest BCUT2D eigenvalue weighted by molar-refractivity contribution is 0.0317. The normalized spacial score (nSPS) is 12.1. The van der Waals surface area contributed by atoms with Crippen molar-refractivity contribution in [2.75, 3.05) is 0 Å². The summed E-state index contributed by atoms with van der Waals surface area (Å²) in [5.74, 6) is -0.798. The molecule has 0 saturated heterocycles. The standard InChI is InChI=1S/C17H13ClN2O4/c1-9(24-17(23)12-7-6-10(18)8-14(12)21)15-19-13-5-3-2-4-11(13)16(22)20-15/h2-9,21H,1H3,(H,19,20,22)/t9-/m0/s1. The number of phenols is 1. The van der Waals surface area contributed by atoms with Crippen LogP contribution >= 0.6 is 11.6 Å². The summed E-state index contributed by atoms with van der Waals surface area (Å²) in [6.45, 7) is 1.58. The van der Waals surface area contributed by atoms with Gasteiger partial charge in [-0.3, -0.25) is 4.79 Å². The number of phenolic OH excluding ortho intramolecular Hbond substituents is 1. The number of carbonyl (C=O) groups is 1. The topological polar surface area (TPSA) is 92.3 Å². The summed E-state index contributed by atoms with van der Waals surface area (Å²) in [6.07, 6.45) is -0.801. The van der Waals surface area contributed by atoms with Crippen molar-refractivity contribution in [3.05, 3.63) is 69.2 Å². The number of nitrogens with one attached hydrogen (secondary N) is 1. The molecular formula is C17H13ClN2O4. The van der Waals surface area contributed by atoms with Crippen LogP contribution in [0.5, 0.6) is 5.75 Å². The largest absolute Gasteiger partial charge is 0.507 e. The van der Waals surface area contributed by atoms with Crippen LogP contribution in [0.1, 0.15) is 29.2 Å². The third-order valence-corrected chi connectivity index (χ3v) is 3.71. The number of aromatic hydroxyl groups is 1. The Morgan fingerprint density at radius 3 is 2.79 bits per heavy atom. The number of halogens is 1. The summed E-state index contributed by atoms with van der Waals surface area (Å²) in [6, 6.07) is 11.0. The van der Waals surface area contributed by atoms with E-state index in [1.54, 1.807) is 31.2 Å². The fraction of sp³-hybridized carbons (Fsp3) is 0.118. The molecule has 2 N–H and O–H groups in total. The van der Waals surface area contributed by atoms with Crippen LogP contribution < -0.4 is 5.56 Å². The molecule has 0 fully saturated rings. The number of carbonyl (C=O) groups excluding carboxylic acids is 1. The summed E-state index contributed by atoms with van der Waals surface area (Å²) in [5, 5.41) is 10.5. The van der Waals surface area contributed by atoms with Crippen molar-refractivity contribution in [1.82, 2.24) is 9.97 Å². The van der Waals surface area contributed by atoms with E-state index in [0.29, 0.717) is 15.9 Å². The number of hydrogen-bond donors (Lipinski definition) is 2. The van der Waals surface area contributed by atoms with E-state index in [2.05, 4.69) is 9.97 Å². The quantitative estimate of drug-likeness (QED) is 0.712. The van der Waals surface area contributed by atoms with Gasteiger partial charge >= 0.3 is 5.97 Å². The minimum Gasteiger partial charge on any atom is -0.507 e. The third kappa shape index (κ3) is 3.09. The molecule has 2 aromatic carbocycles. The van der Waals surface area contributed by atoms with Crippen LogP contribution in [0.4, 0.5) is 0 Å². The first kappa shape index (κ1) is 16.0. The first-order valence-corrected chi connectivity index (χ1v) is 7.52. The number of H-pyrrole nitrogens is 1. The number of para-hydroxylation sites is 1. The van der Waals surface area contributed by atoms with E-state index in [1.807, 2.05) is 0 Å². The van der Waals surface area contributed by atoms with Gasteiger partial charge in [0.05, 0.1) is 10.9 Å². The molecule has 24 heavy (non-hydrogen) atoms. The second kappa shape index (κ2) is 6.33. The Kier molecular flexibility index (Phi) is 4.22. The van der Waals surface area contributed by atoms with Gasteiger partial charge in [-0.15, -0.1) is 0 Å². The Labute approximate surface area is 141 Å². The second-order valence-corrected chi connectivity index (χ2v) is 5.61. The van der Waals surface area contributed by atoms with E-state index in [-0.39, 0.29) is 22.7 Å². The van der Waals surface area contributed by atoms with Crippen LogP contribution in [0.15, 0.2) is 47.3 Å². The summed E-state index contributed by atoms with van der Waals surface area (Å²) >= 11 is 5.73. The highest BCUT2D eigenvalue weighted by atomic mass is 35.5. The van der Waals surface area contributed by atoms with Crippen LogP contribution in [-0.2, 0) is 4.74 Å². The minimum absolute atomic E-state index is 0.0191. The van der Waals surface area contributed by atoms with Crippen LogP contribution in [0, 0.1) is 0 Å². The summed E-state index contributed by atoms with van der Waals surface area (Å²) in [7, 11) is 0. The fourth-order valence-corrected chi connectivity index (χ4v) is 2.42. The highest BCUT2D eigenvalue weighted by molar-refractivity contribution is 6.30. The maximum Gasteiger partial charge on any atom is 0.342 e. The van der Waals surface area contributed by atoms with Crippen molar-refractivity contribution in [3.8, 4) is 5.75 Å². The highest BCUT2D eigenvalue weighted by Crippen LogP contribution is 2.24. The van der Waals surface area contributed by atoms with Gasteiger partial charge in [0.15, 0.2) is 11.9 Å². The van der Waals surface area contributed by atoms with Gasteiger partial charge in [-0.05, 0) is 37.3 Å². The lowest BCUT2D eigenvalue weighted by Gasteiger charge is -2.13. The molecule has 0 aliphatic carbocycles. The number of nitrogens with zero attached hydrogens (tertiary/aromatic N) is 1. The zero-order valence-corrected chi connectivity index (χ0v) is 13.4. The molecule has 0 saturated carbocycles. The molecule has 0 radical (unpaired) electrons. The molecule has 7 heteroatoms. The van der Waals surface area contributed by atoms with Crippen molar-refractivity contribution in [1.29, 1.82) is 0 Å². The van der Waals surface area contributed by atoms with E-state index in [0.717, 1.165) is 0 Å². The number of aromatic amines is 1. The Hall–Kier alpha value is -2.86.